The Balaban J connectivity index is 2.69. The molecule has 0 aliphatic heterocycles. The molecule has 0 fully saturated rings. The number of nitrogens with one attached hydrogen (secondary N) is 1. The number of rotatable bonds is 4. The van der Waals surface area contributed by atoms with Crippen molar-refractivity contribution < 1.29 is 4.74 Å². The van der Waals surface area contributed by atoms with E-state index in [2.05, 4.69) is 45.1 Å². The number of anilines is 1. The van der Waals surface area contributed by atoms with Crippen LogP contribution in [0.25, 0.3) is 10.9 Å². The van der Waals surface area contributed by atoms with Crippen LogP contribution in [-0.4, -0.2) is 18.6 Å². The highest BCUT2D eigenvalue weighted by molar-refractivity contribution is 5.86. The molecule has 0 spiro atoms. The van der Waals surface area contributed by atoms with Gasteiger partial charge in [0.05, 0.1) is 12.6 Å². The van der Waals surface area contributed by atoms with Crippen LogP contribution in [-0.2, 0) is 0 Å². The number of hydrogen-bond donors (Lipinski definition) is 1. The molecule has 3 nitrogen and oxygen atoms in total. The lowest BCUT2D eigenvalue weighted by Gasteiger charge is -2.15. The molecule has 1 aromatic carbocycles. The second-order valence-corrected chi connectivity index (χ2v) is 5.13. The van der Waals surface area contributed by atoms with Crippen molar-refractivity contribution in [3.05, 3.63) is 29.3 Å². The van der Waals surface area contributed by atoms with E-state index in [1.54, 1.807) is 7.11 Å². The molecule has 2 rings (SSSR count). The second kappa shape index (κ2) is 5.47. The maximum absolute atomic E-state index is 5.34. The van der Waals surface area contributed by atoms with Gasteiger partial charge in [0, 0.05) is 11.9 Å². The molecule has 0 saturated heterocycles. The van der Waals surface area contributed by atoms with E-state index in [9.17, 15) is 0 Å². The largest absolute Gasteiger partial charge is 0.497 e. The van der Waals surface area contributed by atoms with E-state index < -0.39 is 0 Å². The summed E-state index contributed by atoms with van der Waals surface area (Å²) in [4.78, 5) is 4.79. The van der Waals surface area contributed by atoms with Crippen LogP contribution in [0, 0.1) is 6.92 Å². The molecule has 0 aliphatic carbocycles. The summed E-state index contributed by atoms with van der Waals surface area (Å²) >= 11 is 0. The van der Waals surface area contributed by atoms with Crippen molar-refractivity contribution in [1.29, 1.82) is 0 Å². The summed E-state index contributed by atoms with van der Waals surface area (Å²) in [6.45, 7) is 9.43. The van der Waals surface area contributed by atoms with Gasteiger partial charge in [-0.25, -0.2) is 4.98 Å². The highest BCUT2D eigenvalue weighted by Crippen LogP contribution is 2.30. The molecule has 19 heavy (non-hydrogen) atoms. The lowest BCUT2D eigenvalue weighted by Crippen LogP contribution is -2.05. The van der Waals surface area contributed by atoms with Crippen molar-refractivity contribution in [2.45, 2.75) is 33.6 Å². The number of aromatic nitrogens is 1. The summed E-state index contributed by atoms with van der Waals surface area (Å²) in [5.41, 5.74) is 3.44. The monoisotopic (exact) mass is 258 g/mol. The zero-order chi connectivity index (χ0) is 14.0. The van der Waals surface area contributed by atoms with Gasteiger partial charge in [-0.05, 0) is 49.1 Å². The predicted octanol–water partition coefficient (Wildman–Crippen LogP) is 4.11. The standard InChI is InChI=1S/C16H22N2O/c1-6-17-16-14(10(2)3)9-12-8-13(19-5)7-11(4)15(12)18-16/h7-10H,6H2,1-5H3,(H,17,18). The Bertz CT molecular complexity index is 591. The van der Waals surface area contributed by atoms with E-state index in [1.165, 1.54) is 5.56 Å². The number of fused-ring (bicyclic) bond motifs is 1. The Hall–Kier alpha value is -1.77. The zero-order valence-electron chi connectivity index (χ0n) is 12.4. The van der Waals surface area contributed by atoms with Gasteiger partial charge in [0.1, 0.15) is 11.6 Å². The van der Waals surface area contributed by atoms with E-state index in [0.29, 0.717) is 5.92 Å². The van der Waals surface area contributed by atoms with E-state index in [-0.39, 0.29) is 0 Å². The van der Waals surface area contributed by atoms with Gasteiger partial charge < -0.3 is 10.1 Å². The maximum Gasteiger partial charge on any atom is 0.130 e. The molecule has 3 heteroatoms. The first-order valence-corrected chi connectivity index (χ1v) is 6.80. The Morgan fingerprint density at radius 3 is 2.58 bits per heavy atom. The average Bonchev–Trinajstić information content (AvgIpc) is 2.38. The topological polar surface area (TPSA) is 34.2 Å². The van der Waals surface area contributed by atoms with Gasteiger partial charge in [-0.15, -0.1) is 0 Å². The molecule has 0 saturated carbocycles. The molecule has 1 heterocycles. The minimum absolute atomic E-state index is 0.442. The molecule has 0 unspecified atom stereocenters. The van der Waals surface area contributed by atoms with Crippen molar-refractivity contribution in [3.63, 3.8) is 0 Å². The average molecular weight is 258 g/mol. The quantitative estimate of drug-likeness (QED) is 0.896. The third-order valence-corrected chi connectivity index (χ3v) is 3.31. The van der Waals surface area contributed by atoms with Crippen molar-refractivity contribution in [2.24, 2.45) is 0 Å². The summed E-state index contributed by atoms with van der Waals surface area (Å²) in [5.74, 6) is 2.33. The fourth-order valence-electron chi connectivity index (χ4n) is 2.31. The summed E-state index contributed by atoms with van der Waals surface area (Å²) in [6.07, 6.45) is 0. The smallest absolute Gasteiger partial charge is 0.130 e. The number of hydrogen-bond acceptors (Lipinski definition) is 3. The normalized spacial score (nSPS) is 11.1. The van der Waals surface area contributed by atoms with Crippen LogP contribution in [0.3, 0.4) is 0 Å². The predicted molar refractivity (Wildman–Crippen MR) is 81.3 cm³/mol. The first-order chi connectivity index (χ1) is 9.06. The third-order valence-electron chi connectivity index (χ3n) is 3.31. The van der Waals surface area contributed by atoms with E-state index in [1.807, 2.05) is 6.07 Å². The van der Waals surface area contributed by atoms with Gasteiger partial charge in [-0.3, -0.25) is 0 Å². The van der Waals surface area contributed by atoms with Gasteiger partial charge in [0.25, 0.3) is 0 Å². The number of ether oxygens (including phenoxy) is 1. The van der Waals surface area contributed by atoms with Crippen molar-refractivity contribution >= 4 is 16.7 Å². The Morgan fingerprint density at radius 2 is 2.00 bits per heavy atom. The zero-order valence-corrected chi connectivity index (χ0v) is 12.4. The highest BCUT2D eigenvalue weighted by Gasteiger charge is 2.12. The molecule has 0 radical (unpaired) electrons. The van der Waals surface area contributed by atoms with E-state index in [0.717, 1.165) is 34.6 Å². The number of nitrogens with zero attached hydrogens (tertiary/aromatic N) is 1. The number of aryl methyl sites for hydroxylation is 1. The lowest BCUT2D eigenvalue weighted by molar-refractivity contribution is 0.415. The van der Waals surface area contributed by atoms with E-state index in [4.69, 9.17) is 9.72 Å². The molecular weight excluding hydrogens is 236 g/mol. The van der Waals surface area contributed by atoms with Crippen LogP contribution in [0.15, 0.2) is 18.2 Å². The van der Waals surface area contributed by atoms with Crippen LogP contribution in [0.5, 0.6) is 5.75 Å². The van der Waals surface area contributed by atoms with Crippen LogP contribution in [0.4, 0.5) is 5.82 Å². The lowest BCUT2D eigenvalue weighted by atomic mass is 10.0. The first kappa shape index (κ1) is 13.7. The van der Waals surface area contributed by atoms with Crippen molar-refractivity contribution in [1.82, 2.24) is 4.98 Å². The molecule has 1 N–H and O–H groups in total. The summed E-state index contributed by atoms with van der Waals surface area (Å²) in [6, 6.07) is 6.30. The first-order valence-electron chi connectivity index (χ1n) is 6.80. The maximum atomic E-state index is 5.34. The molecular formula is C16H22N2O. The van der Waals surface area contributed by atoms with Gasteiger partial charge in [0.15, 0.2) is 0 Å². The molecule has 0 amide bonds. The van der Waals surface area contributed by atoms with Crippen LogP contribution in [0.1, 0.15) is 37.8 Å². The summed E-state index contributed by atoms with van der Waals surface area (Å²) in [5, 5.41) is 4.50. The van der Waals surface area contributed by atoms with Crippen molar-refractivity contribution in [3.8, 4) is 5.75 Å². The van der Waals surface area contributed by atoms with Crippen LogP contribution >= 0.6 is 0 Å². The fourth-order valence-corrected chi connectivity index (χ4v) is 2.31. The van der Waals surface area contributed by atoms with Gasteiger partial charge in [-0.1, -0.05) is 13.8 Å². The van der Waals surface area contributed by atoms with Crippen LogP contribution < -0.4 is 10.1 Å². The molecule has 1 aromatic heterocycles. The molecule has 102 valence electrons. The van der Waals surface area contributed by atoms with Gasteiger partial charge in [0.2, 0.25) is 0 Å². The Morgan fingerprint density at radius 1 is 1.26 bits per heavy atom. The molecule has 0 bridgehead atoms. The van der Waals surface area contributed by atoms with Crippen LogP contribution in [0.2, 0.25) is 0 Å². The molecule has 2 aromatic rings. The Labute approximate surface area is 115 Å². The number of benzene rings is 1. The van der Waals surface area contributed by atoms with Gasteiger partial charge in [-0.2, -0.15) is 0 Å². The minimum Gasteiger partial charge on any atom is -0.497 e. The third kappa shape index (κ3) is 2.65. The SMILES string of the molecule is CCNc1nc2c(C)cc(OC)cc2cc1C(C)C. The Kier molecular flexibility index (Phi) is 3.93. The highest BCUT2D eigenvalue weighted by atomic mass is 16.5. The van der Waals surface area contributed by atoms with Gasteiger partial charge >= 0.3 is 0 Å². The fraction of sp³-hybridized carbons (Fsp3) is 0.438. The number of pyridine rings is 1. The number of methoxy groups -OCH3 is 1. The minimum atomic E-state index is 0.442. The van der Waals surface area contributed by atoms with Crippen molar-refractivity contribution in [2.75, 3.05) is 19.0 Å². The van der Waals surface area contributed by atoms with E-state index >= 15 is 0 Å². The second-order valence-electron chi connectivity index (χ2n) is 5.13. The molecule has 0 atom stereocenters. The summed E-state index contributed by atoms with van der Waals surface area (Å²) in [7, 11) is 1.70. The summed E-state index contributed by atoms with van der Waals surface area (Å²) < 4.78 is 5.34. The molecule has 0 aliphatic rings.